The van der Waals surface area contributed by atoms with Crippen LogP contribution in [0.25, 0.3) is 0 Å². The van der Waals surface area contributed by atoms with Gasteiger partial charge < -0.3 is 9.47 Å². The van der Waals surface area contributed by atoms with Crippen molar-refractivity contribution in [1.29, 1.82) is 0 Å². The lowest BCUT2D eigenvalue weighted by Crippen LogP contribution is -2.33. The highest BCUT2D eigenvalue weighted by molar-refractivity contribution is 5.20. The number of H-pyrrole nitrogens is 1. The van der Waals surface area contributed by atoms with Gasteiger partial charge in [-0.3, -0.25) is 14.3 Å². The number of aromatic amines is 1. The molecule has 2 heterocycles. The maximum Gasteiger partial charge on any atom is 0.330 e. The van der Waals surface area contributed by atoms with Crippen LogP contribution in [0.1, 0.15) is 24.6 Å². The lowest BCUT2D eigenvalue weighted by Gasteiger charge is -2.16. The van der Waals surface area contributed by atoms with Gasteiger partial charge in [0, 0.05) is 11.8 Å². The van der Waals surface area contributed by atoms with Crippen molar-refractivity contribution in [2.45, 2.75) is 32.1 Å². The van der Waals surface area contributed by atoms with E-state index in [9.17, 15) is 9.59 Å². The van der Waals surface area contributed by atoms with Gasteiger partial charge in [-0.25, -0.2) is 4.79 Å². The summed E-state index contributed by atoms with van der Waals surface area (Å²) in [6, 6.07) is 9.54. The van der Waals surface area contributed by atoms with Crippen molar-refractivity contribution in [1.82, 2.24) is 9.55 Å². The predicted molar refractivity (Wildman–Crippen MR) is 81.1 cm³/mol. The Morgan fingerprint density at radius 3 is 2.82 bits per heavy atom. The number of nitrogens with one attached hydrogen (secondary N) is 1. The van der Waals surface area contributed by atoms with E-state index in [1.54, 1.807) is 13.1 Å². The van der Waals surface area contributed by atoms with Crippen LogP contribution in [0.3, 0.4) is 0 Å². The third kappa shape index (κ3) is 3.12. The van der Waals surface area contributed by atoms with Gasteiger partial charge >= 0.3 is 5.69 Å². The molecule has 0 radical (unpaired) electrons. The Morgan fingerprint density at radius 2 is 2.05 bits per heavy atom. The fourth-order valence-corrected chi connectivity index (χ4v) is 2.52. The zero-order valence-electron chi connectivity index (χ0n) is 12.3. The maximum absolute atomic E-state index is 11.9. The van der Waals surface area contributed by atoms with E-state index < -0.39 is 5.69 Å². The number of benzene rings is 1. The summed E-state index contributed by atoms with van der Waals surface area (Å²) in [6.07, 6.45) is 2.65. The molecule has 1 saturated heterocycles. The number of para-hydroxylation sites is 1. The first-order chi connectivity index (χ1) is 10.6. The van der Waals surface area contributed by atoms with E-state index in [1.165, 1.54) is 4.57 Å². The van der Waals surface area contributed by atoms with E-state index in [1.807, 2.05) is 30.3 Å². The molecule has 0 amide bonds. The molecule has 0 bridgehead atoms. The molecule has 6 nitrogen and oxygen atoms in total. The molecule has 2 aromatic rings. The third-order valence-electron chi connectivity index (χ3n) is 3.72. The predicted octanol–water partition coefficient (Wildman–Crippen LogP) is 1.60. The lowest BCUT2D eigenvalue weighted by atomic mass is 10.2. The number of aromatic nitrogens is 2. The molecule has 0 aliphatic carbocycles. The largest absolute Gasteiger partial charge is 0.491 e. The van der Waals surface area contributed by atoms with Crippen LogP contribution < -0.4 is 16.0 Å². The standard InChI is InChI=1S/C16H18N2O4/c1-11-9-18(16(20)17-15(11)19)14-8-7-13(22-14)10-21-12-5-3-2-4-6-12/h2-6,9,13-14H,7-8,10H2,1H3,(H,17,19,20)/t13-,14+/m0/s1. The first-order valence-electron chi connectivity index (χ1n) is 7.29. The second kappa shape index (κ2) is 6.19. The van der Waals surface area contributed by atoms with Gasteiger partial charge in [0.15, 0.2) is 0 Å². The Bertz CT molecular complexity index is 751. The van der Waals surface area contributed by atoms with Crippen LogP contribution in [0.2, 0.25) is 0 Å². The summed E-state index contributed by atoms with van der Waals surface area (Å²) >= 11 is 0. The summed E-state index contributed by atoms with van der Waals surface area (Å²) in [5.41, 5.74) is -0.305. The van der Waals surface area contributed by atoms with Crippen LogP contribution in [0.15, 0.2) is 46.1 Å². The van der Waals surface area contributed by atoms with Crippen molar-refractivity contribution < 1.29 is 9.47 Å². The minimum Gasteiger partial charge on any atom is -0.491 e. The number of aryl methyl sites for hydroxylation is 1. The molecule has 1 fully saturated rings. The van der Waals surface area contributed by atoms with Crippen LogP contribution in [0.5, 0.6) is 5.75 Å². The van der Waals surface area contributed by atoms with Gasteiger partial charge in [-0.2, -0.15) is 0 Å². The minimum absolute atomic E-state index is 0.0654. The highest BCUT2D eigenvalue weighted by Crippen LogP contribution is 2.27. The van der Waals surface area contributed by atoms with Gasteiger partial charge in [0.05, 0.1) is 6.10 Å². The Labute approximate surface area is 127 Å². The molecule has 2 atom stereocenters. The molecule has 1 N–H and O–H groups in total. The second-order valence-electron chi connectivity index (χ2n) is 5.39. The van der Waals surface area contributed by atoms with Gasteiger partial charge in [0.25, 0.3) is 5.56 Å². The van der Waals surface area contributed by atoms with Crippen molar-refractivity contribution in [3.8, 4) is 5.75 Å². The monoisotopic (exact) mass is 302 g/mol. The van der Waals surface area contributed by atoms with Crippen LogP contribution in [-0.2, 0) is 4.74 Å². The number of hydrogen-bond acceptors (Lipinski definition) is 4. The molecular weight excluding hydrogens is 284 g/mol. The van der Waals surface area contributed by atoms with Crippen molar-refractivity contribution in [2.75, 3.05) is 6.61 Å². The summed E-state index contributed by atoms with van der Waals surface area (Å²) in [5, 5.41) is 0. The van der Waals surface area contributed by atoms with E-state index in [4.69, 9.17) is 9.47 Å². The SMILES string of the molecule is Cc1cn([C@H]2CC[C@@H](COc3ccccc3)O2)c(=O)[nH]c1=O. The average molecular weight is 302 g/mol. The van der Waals surface area contributed by atoms with Crippen molar-refractivity contribution in [3.05, 3.63) is 62.9 Å². The van der Waals surface area contributed by atoms with E-state index in [0.29, 0.717) is 18.6 Å². The first kappa shape index (κ1) is 14.6. The Kier molecular flexibility index (Phi) is 4.11. The molecule has 1 aromatic heterocycles. The number of rotatable bonds is 4. The molecule has 0 spiro atoms. The highest BCUT2D eigenvalue weighted by atomic mass is 16.6. The number of hydrogen-bond donors (Lipinski definition) is 1. The van der Waals surface area contributed by atoms with Gasteiger partial charge in [-0.05, 0) is 31.9 Å². The quantitative estimate of drug-likeness (QED) is 0.931. The fraction of sp³-hybridized carbons (Fsp3) is 0.375. The van der Waals surface area contributed by atoms with Crippen molar-refractivity contribution in [3.63, 3.8) is 0 Å². The van der Waals surface area contributed by atoms with E-state index >= 15 is 0 Å². The van der Waals surface area contributed by atoms with Crippen LogP contribution in [0.4, 0.5) is 0 Å². The normalized spacial score (nSPS) is 21.0. The van der Waals surface area contributed by atoms with E-state index in [2.05, 4.69) is 4.98 Å². The van der Waals surface area contributed by atoms with Gasteiger partial charge in [-0.15, -0.1) is 0 Å². The van der Waals surface area contributed by atoms with Gasteiger partial charge in [0.1, 0.15) is 18.6 Å². The summed E-state index contributed by atoms with van der Waals surface area (Å²) in [6.45, 7) is 2.11. The maximum atomic E-state index is 11.9. The van der Waals surface area contributed by atoms with E-state index in [0.717, 1.165) is 12.2 Å². The molecule has 6 heteroatoms. The van der Waals surface area contributed by atoms with E-state index in [-0.39, 0.29) is 17.9 Å². The number of nitrogens with zero attached hydrogens (tertiary/aromatic N) is 1. The molecule has 1 aliphatic rings. The summed E-state index contributed by atoms with van der Waals surface area (Å²) < 4.78 is 13.0. The van der Waals surface area contributed by atoms with Crippen LogP contribution in [0, 0.1) is 6.92 Å². The Hall–Kier alpha value is -2.34. The third-order valence-corrected chi connectivity index (χ3v) is 3.72. The van der Waals surface area contributed by atoms with Crippen molar-refractivity contribution >= 4 is 0 Å². The van der Waals surface area contributed by atoms with Gasteiger partial charge in [0.2, 0.25) is 0 Å². The Morgan fingerprint density at radius 1 is 1.27 bits per heavy atom. The molecule has 116 valence electrons. The molecule has 3 rings (SSSR count). The topological polar surface area (TPSA) is 73.3 Å². The van der Waals surface area contributed by atoms with Crippen LogP contribution in [-0.4, -0.2) is 22.3 Å². The second-order valence-corrected chi connectivity index (χ2v) is 5.39. The lowest BCUT2D eigenvalue weighted by molar-refractivity contribution is -0.0200. The average Bonchev–Trinajstić information content (AvgIpc) is 2.98. The first-order valence-corrected chi connectivity index (χ1v) is 7.29. The molecule has 22 heavy (non-hydrogen) atoms. The number of ether oxygens (including phenoxy) is 2. The van der Waals surface area contributed by atoms with Gasteiger partial charge in [-0.1, -0.05) is 18.2 Å². The molecule has 1 aliphatic heterocycles. The molecule has 0 unspecified atom stereocenters. The zero-order chi connectivity index (χ0) is 15.5. The summed E-state index contributed by atoms with van der Waals surface area (Å²) in [7, 11) is 0. The highest BCUT2D eigenvalue weighted by Gasteiger charge is 2.28. The minimum atomic E-state index is -0.440. The van der Waals surface area contributed by atoms with Crippen molar-refractivity contribution in [2.24, 2.45) is 0 Å². The molecule has 0 saturated carbocycles. The fourth-order valence-electron chi connectivity index (χ4n) is 2.52. The molecule has 1 aromatic carbocycles. The summed E-state index contributed by atoms with van der Waals surface area (Å²) in [4.78, 5) is 25.6. The van der Waals surface area contributed by atoms with Crippen LogP contribution >= 0.6 is 0 Å². The smallest absolute Gasteiger partial charge is 0.330 e. The summed E-state index contributed by atoms with van der Waals surface area (Å²) in [5.74, 6) is 0.798. The molecular formula is C16H18N2O4. The zero-order valence-corrected chi connectivity index (χ0v) is 12.3. The Balaban J connectivity index is 1.64.